The van der Waals surface area contributed by atoms with Crippen molar-refractivity contribution in [3.8, 4) is 0 Å². The van der Waals surface area contributed by atoms with E-state index in [4.69, 9.17) is 5.11 Å². The topological polar surface area (TPSA) is 66.7 Å². The number of carbonyl (C=O) groups excluding carboxylic acids is 1. The maximum absolute atomic E-state index is 11.1. The van der Waals surface area contributed by atoms with Crippen LogP contribution >= 0.6 is 15.9 Å². The number of amides is 1. The highest BCUT2D eigenvalue weighted by Crippen LogP contribution is 2.24. The fraction of sp³-hybridized carbons (Fsp3) is 0.100. The van der Waals surface area contributed by atoms with E-state index in [1.165, 1.54) is 0 Å². The first-order chi connectivity index (χ1) is 7.08. The van der Waals surface area contributed by atoms with Gasteiger partial charge in [-0.2, -0.15) is 0 Å². The zero-order valence-electron chi connectivity index (χ0n) is 7.48. The van der Waals surface area contributed by atoms with Crippen LogP contribution in [0.3, 0.4) is 0 Å². The molecule has 1 atom stereocenters. The molecule has 1 heterocycles. The minimum Gasteiger partial charge on any atom is -0.478 e. The minimum absolute atomic E-state index is 0.00111. The van der Waals surface area contributed by atoms with Crippen LogP contribution in [-0.2, 0) is 9.59 Å². The van der Waals surface area contributed by atoms with E-state index in [1.54, 1.807) is 18.2 Å². The number of halogens is 1. The van der Waals surface area contributed by atoms with Crippen molar-refractivity contribution < 1.29 is 14.7 Å². The van der Waals surface area contributed by atoms with E-state index in [2.05, 4.69) is 20.9 Å². The zero-order valence-corrected chi connectivity index (χ0v) is 9.06. The summed E-state index contributed by atoms with van der Waals surface area (Å²) in [6.07, 6.45) is 6.19. The van der Waals surface area contributed by atoms with Gasteiger partial charge in [0.25, 0.3) is 5.91 Å². The molecule has 0 aromatic heterocycles. The molecule has 0 fully saturated rings. The standard InChI is InChI=1S/C10H6BrNO3/c11-5-1-2-8-6(3-5)7(10(14)15)4-9(13)12-8/h1-5H,(H,14,15). The summed E-state index contributed by atoms with van der Waals surface area (Å²) < 4.78 is 0. The summed E-state index contributed by atoms with van der Waals surface area (Å²) in [5, 5.41) is 8.93. The molecule has 0 bridgehead atoms. The van der Waals surface area contributed by atoms with Gasteiger partial charge >= 0.3 is 5.97 Å². The first-order valence-electron chi connectivity index (χ1n) is 4.20. The lowest BCUT2D eigenvalue weighted by Gasteiger charge is -2.16. The van der Waals surface area contributed by atoms with Crippen molar-refractivity contribution in [1.82, 2.24) is 0 Å². The van der Waals surface area contributed by atoms with Gasteiger partial charge in [-0.15, -0.1) is 0 Å². The normalized spacial score (nSPS) is 23.9. The van der Waals surface area contributed by atoms with Gasteiger partial charge in [0.15, 0.2) is 0 Å². The number of carbonyl (C=O) groups is 2. The van der Waals surface area contributed by atoms with Gasteiger partial charge in [-0.3, -0.25) is 4.79 Å². The number of nitrogens with zero attached hydrogens (tertiary/aromatic N) is 1. The largest absolute Gasteiger partial charge is 0.478 e. The molecule has 2 rings (SSSR count). The van der Waals surface area contributed by atoms with Crippen LogP contribution in [0.15, 0.2) is 40.4 Å². The van der Waals surface area contributed by atoms with Crippen molar-refractivity contribution in [3.05, 3.63) is 35.5 Å². The molecule has 5 heteroatoms. The molecule has 2 aliphatic rings. The van der Waals surface area contributed by atoms with Gasteiger partial charge in [0.1, 0.15) is 0 Å². The summed E-state index contributed by atoms with van der Waals surface area (Å²) in [6, 6.07) is 0. The fourth-order valence-corrected chi connectivity index (χ4v) is 1.84. The fourth-order valence-electron chi connectivity index (χ4n) is 1.43. The molecule has 0 saturated heterocycles. The smallest absolute Gasteiger partial charge is 0.336 e. The molecule has 4 nitrogen and oxygen atoms in total. The number of rotatable bonds is 1. The molecular weight excluding hydrogens is 262 g/mol. The predicted molar refractivity (Wildman–Crippen MR) is 58.1 cm³/mol. The Morgan fingerprint density at radius 3 is 2.93 bits per heavy atom. The van der Waals surface area contributed by atoms with Gasteiger partial charge in [0, 0.05) is 11.6 Å². The van der Waals surface area contributed by atoms with Gasteiger partial charge < -0.3 is 5.11 Å². The first-order valence-corrected chi connectivity index (χ1v) is 5.12. The average molecular weight is 268 g/mol. The number of alkyl halides is 1. The van der Waals surface area contributed by atoms with Gasteiger partial charge in [-0.05, 0) is 6.08 Å². The number of carboxylic acids is 1. The number of fused-ring (bicyclic) bond motifs is 1. The van der Waals surface area contributed by atoms with Crippen LogP contribution < -0.4 is 0 Å². The summed E-state index contributed by atoms with van der Waals surface area (Å²) >= 11 is 3.32. The Balaban J connectivity index is 2.51. The number of carboxylic acid groups (broad SMARTS) is 1. The molecule has 1 aliphatic heterocycles. The molecule has 15 heavy (non-hydrogen) atoms. The molecular formula is C10H6BrNO3. The van der Waals surface area contributed by atoms with E-state index in [-0.39, 0.29) is 10.4 Å². The van der Waals surface area contributed by atoms with E-state index in [0.29, 0.717) is 11.3 Å². The second kappa shape index (κ2) is 3.58. The molecule has 1 N–H and O–H groups in total. The number of dihydropyridines is 1. The molecule has 76 valence electrons. The Labute approximate surface area is 93.8 Å². The Hall–Kier alpha value is -1.49. The van der Waals surface area contributed by atoms with Crippen molar-refractivity contribution in [2.24, 2.45) is 4.99 Å². The molecule has 1 aliphatic carbocycles. The lowest BCUT2D eigenvalue weighted by atomic mass is 9.93. The second-order valence-corrected chi connectivity index (χ2v) is 4.14. The van der Waals surface area contributed by atoms with E-state index in [0.717, 1.165) is 6.08 Å². The number of aliphatic imine (C=N–C) groups is 1. The van der Waals surface area contributed by atoms with E-state index < -0.39 is 11.9 Å². The van der Waals surface area contributed by atoms with Crippen molar-refractivity contribution >= 4 is 33.5 Å². The molecule has 0 spiro atoms. The van der Waals surface area contributed by atoms with Crippen LogP contribution in [0.2, 0.25) is 0 Å². The van der Waals surface area contributed by atoms with Gasteiger partial charge in [-0.1, -0.05) is 28.1 Å². The van der Waals surface area contributed by atoms with E-state index in [1.807, 2.05) is 0 Å². The molecule has 1 amide bonds. The third kappa shape index (κ3) is 1.83. The summed E-state index contributed by atoms with van der Waals surface area (Å²) in [5.41, 5.74) is 0.904. The van der Waals surface area contributed by atoms with Crippen LogP contribution in [0.1, 0.15) is 0 Å². The zero-order chi connectivity index (χ0) is 11.0. The highest BCUT2D eigenvalue weighted by Gasteiger charge is 2.25. The third-order valence-corrected chi connectivity index (χ3v) is 2.63. The van der Waals surface area contributed by atoms with Crippen LogP contribution in [0.25, 0.3) is 0 Å². The van der Waals surface area contributed by atoms with Crippen molar-refractivity contribution in [2.45, 2.75) is 4.83 Å². The molecule has 0 aromatic rings. The van der Waals surface area contributed by atoms with Crippen molar-refractivity contribution in [1.29, 1.82) is 0 Å². The number of allylic oxidation sites excluding steroid dienone is 3. The lowest BCUT2D eigenvalue weighted by Crippen LogP contribution is -2.20. The summed E-state index contributed by atoms with van der Waals surface area (Å²) in [4.78, 5) is 25.7. The van der Waals surface area contributed by atoms with Gasteiger partial charge in [0.05, 0.1) is 16.1 Å². The quantitative estimate of drug-likeness (QED) is 0.727. The lowest BCUT2D eigenvalue weighted by molar-refractivity contribution is -0.132. The SMILES string of the molecule is O=C1C=C(C(=O)O)C2=CC(Br)C=CC2=N1. The van der Waals surface area contributed by atoms with Crippen LogP contribution in [0, 0.1) is 0 Å². The van der Waals surface area contributed by atoms with Crippen molar-refractivity contribution in [2.75, 3.05) is 0 Å². The molecule has 1 unspecified atom stereocenters. The van der Waals surface area contributed by atoms with Crippen LogP contribution in [-0.4, -0.2) is 27.5 Å². The Bertz CT molecular complexity index is 471. The second-order valence-electron chi connectivity index (χ2n) is 3.08. The summed E-state index contributed by atoms with van der Waals surface area (Å²) in [5.74, 6) is -1.64. The van der Waals surface area contributed by atoms with E-state index >= 15 is 0 Å². The third-order valence-electron chi connectivity index (χ3n) is 2.06. The Kier molecular flexibility index (Phi) is 2.40. The van der Waals surface area contributed by atoms with Crippen LogP contribution in [0.5, 0.6) is 0 Å². The molecule has 0 aromatic carbocycles. The summed E-state index contributed by atoms with van der Waals surface area (Å²) in [7, 11) is 0. The Morgan fingerprint density at radius 1 is 1.53 bits per heavy atom. The first kappa shape index (κ1) is 10.0. The van der Waals surface area contributed by atoms with Gasteiger partial charge in [0.2, 0.25) is 0 Å². The molecule has 0 radical (unpaired) electrons. The maximum atomic E-state index is 11.1. The number of hydrogen-bond donors (Lipinski definition) is 1. The number of hydrogen-bond acceptors (Lipinski definition) is 2. The Morgan fingerprint density at radius 2 is 2.27 bits per heavy atom. The van der Waals surface area contributed by atoms with Crippen molar-refractivity contribution in [3.63, 3.8) is 0 Å². The van der Waals surface area contributed by atoms with E-state index in [9.17, 15) is 9.59 Å². The highest BCUT2D eigenvalue weighted by molar-refractivity contribution is 9.09. The van der Waals surface area contributed by atoms with Gasteiger partial charge in [-0.25, -0.2) is 9.79 Å². The average Bonchev–Trinajstić information content (AvgIpc) is 2.17. The maximum Gasteiger partial charge on any atom is 0.336 e. The highest BCUT2D eigenvalue weighted by atomic mass is 79.9. The minimum atomic E-state index is -1.11. The molecule has 0 saturated carbocycles. The van der Waals surface area contributed by atoms with Crippen LogP contribution in [0.4, 0.5) is 0 Å². The number of aliphatic carboxylic acids is 1. The monoisotopic (exact) mass is 267 g/mol. The predicted octanol–water partition coefficient (Wildman–Crippen LogP) is 1.24. The summed E-state index contributed by atoms with van der Waals surface area (Å²) in [6.45, 7) is 0.